The summed E-state index contributed by atoms with van der Waals surface area (Å²) in [4.78, 5) is 13.3. The zero-order chi connectivity index (χ0) is 11.3. The topological polar surface area (TPSA) is 53.3 Å². The van der Waals surface area contributed by atoms with E-state index in [1.54, 1.807) is 11.9 Å². The molecule has 2 atom stereocenters. The zero-order valence-corrected chi connectivity index (χ0v) is 9.40. The van der Waals surface area contributed by atoms with Crippen LogP contribution in [0.4, 0.5) is 0 Å². The summed E-state index contributed by atoms with van der Waals surface area (Å²) >= 11 is 0. The highest BCUT2D eigenvalue weighted by atomic mass is 16.5. The molecule has 0 radical (unpaired) electrons. The molecule has 1 rings (SSSR count). The van der Waals surface area contributed by atoms with Crippen molar-refractivity contribution in [1.29, 1.82) is 5.26 Å². The summed E-state index contributed by atoms with van der Waals surface area (Å²) in [5.74, 6) is -0.0348. The van der Waals surface area contributed by atoms with Crippen molar-refractivity contribution in [3.05, 3.63) is 0 Å². The Kier molecular flexibility index (Phi) is 4.57. The molecule has 4 heteroatoms. The third-order valence-electron chi connectivity index (χ3n) is 2.62. The van der Waals surface area contributed by atoms with Gasteiger partial charge in [0.2, 0.25) is 5.91 Å². The van der Waals surface area contributed by atoms with Crippen LogP contribution in [0, 0.1) is 17.2 Å². The van der Waals surface area contributed by atoms with Gasteiger partial charge < -0.3 is 9.64 Å². The van der Waals surface area contributed by atoms with Crippen molar-refractivity contribution in [3.8, 4) is 6.07 Å². The lowest BCUT2D eigenvalue weighted by molar-refractivity contribution is -0.132. The van der Waals surface area contributed by atoms with Gasteiger partial charge in [-0.25, -0.2) is 0 Å². The highest BCUT2D eigenvalue weighted by Gasteiger charge is 2.21. The molecule has 0 aliphatic carbocycles. The van der Waals surface area contributed by atoms with E-state index in [2.05, 4.69) is 6.07 Å². The van der Waals surface area contributed by atoms with E-state index in [1.807, 2.05) is 6.92 Å². The number of nitrogens with zero attached hydrogens (tertiary/aromatic N) is 2. The first kappa shape index (κ1) is 12.0. The Hall–Kier alpha value is -1.08. The van der Waals surface area contributed by atoms with Crippen molar-refractivity contribution in [3.63, 3.8) is 0 Å². The van der Waals surface area contributed by atoms with Gasteiger partial charge in [0.15, 0.2) is 0 Å². The summed E-state index contributed by atoms with van der Waals surface area (Å²) in [6.45, 7) is 3.09. The zero-order valence-electron chi connectivity index (χ0n) is 9.40. The van der Waals surface area contributed by atoms with Crippen LogP contribution in [-0.4, -0.2) is 37.1 Å². The molecule has 0 saturated carbocycles. The van der Waals surface area contributed by atoms with E-state index in [4.69, 9.17) is 10.00 Å². The van der Waals surface area contributed by atoms with E-state index in [9.17, 15) is 4.79 Å². The van der Waals surface area contributed by atoms with Gasteiger partial charge in [-0.1, -0.05) is 0 Å². The van der Waals surface area contributed by atoms with Gasteiger partial charge in [0.1, 0.15) is 0 Å². The molecule has 1 amide bonds. The Bertz CT molecular complexity index is 254. The summed E-state index contributed by atoms with van der Waals surface area (Å²) in [6, 6.07) is 2.12. The Morgan fingerprint density at radius 3 is 3.00 bits per heavy atom. The van der Waals surface area contributed by atoms with Gasteiger partial charge in [-0.15, -0.1) is 0 Å². The largest absolute Gasteiger partial charge is 0.378 e. The second-order valence-corrected chi connectivity index (χ2v) is 4.14. The van der Waals surface area contributed by atoms with E-state index >= 15 is 0 Å². The molecular weight excluding hydrogens is 192 g/mol. The predicted octanol–water partition coefficient (Wildman–Crippen LogP) is 1.17. The molecule has 0 spiro atoms. The Morgan fingerprint density at radius 1 is 1.73 bits per heavy atom. The summed E-state index contributed by atoms with van der Waals surface area (Å²) < 4.78 is 5.39. The first-order chi connectivity index (χ1) is 7.13. The number of ether oxygens (including phenoxy) is 1. The van der Waals surface area contributed by atoms with E-state index in [1.165, 1.54) is 0 Å². The minimum Gasteiger partial charge on any atom is -0.378 e. The Balaban J connectivity index is 2.29. The number of rotatable bonds is 4. The molecule has 84 valence electrons. The molecule has 0 bridgehead atoms. The lowest BCUT2D eigenvalue weighted by Gasteiger charge is -2.19. The van der Waals surface area contributed by atoms with Gasteiger partial charge in [-0.2, -0.15) is 5.26 Å². The second kappa shape index (κ2) is 5.72. The van der Waals surface area contributed by atoms with Crippen molar-refractivity contribution < 1.29 is 9.53 Å². The third-order valence-corrected chi connectivity index (χ3v) is 2.62. The number of hydrogen-bond donors (Lipinski definition) is 0. The predicted molar refractivity (Wildman–Crippen MR) is 56.0 cm³/mol. The van der Waals surface area contributed by atoms with Gasteiger partial charge in [-0.05, 0) is 19.8 Å². The highest BCUT2D eigenvalue weighted by Crippen LogP contribution is 2.16. The fraction of sp³-hybridized carbons (Fsp3) is 0.818. The number of carbonyl (C=O) groups is 1. The van der Waals surface area contributed by atoms with Crippen molar-refractivity contribution in [2.45, 2.75) is 32.3 Å². The lowest BCUT2D eigenvalue weighted by Crippen LogP contribution is -2.32. The van der Waals surface area contributed by atoms with Crippen LogP contribution < -0.4 is 0 Å². The van der Waals surface area contributed by atoms with Crippen molar-refractivity contribution in [1.82, 2.24) is 4.90 Å². The first-order valence-electron chi connectivity index (χ1n) is 5.38. The highest BCUT2D eigenvalue weighted by molar-refractivity contribution is 5.76. The third kappa shape index (κ3) is 3.88. The van der Waals surface area contributed by atoms with Crippen LogP contribution in [0.5, 0.6) is 0 Å². The summed E-state index contributed by atoms with van der Waals surface area (Å²) in [5, 5.41) is 8.64. The SMILES string of the molecule is CC(C#N)CN(C)C(=O)CC1CCCO1. The molecule has 0 N–H and O–H groups in total. The molecule has 1 aliphatic rings. The van der Waals surface area contributed by atoms with Crippen molar-refractivity contribution in [2.24, 2.45) is 5.92 Å². The van der Waals surface area contributed by atoms with Gasteiger partial charge in [-0.3, -0.25) is 4.79 Å². The quantitative estimate of drug-likeness (QED) is 0.700. The van der Waals surface area contributed by atoms with E-state index in [-0.39, 0.29) is 17.9 Å². The van der Waals surface area contributed by atoms with Crippen molar-refractivity contribution in [2.75, 3.05) is 20.2 Å². The Labute approximate surface area is 90.8 Å². The number of carbonyl (C=O) groups excluding carboxylic acids is 1. The summed E-state index contributed by atoms with van der Waals surface area (Å²) in [7, 11) is 1.74. The average Bonchev–Trinajstić information content (AvgIpc) is 2.70. The van der Waals surface area contributed by atoms with Crippen LogP contribution in [0.15, 0.2) is 0 Å². The van der Waals surface area contributed by atoms with Gasteiger partial charge >= 0.3 is 0 Å². The maximum atomic E-state index is 11.7. The summed E-state index contributed by atoms with van der Waals surface area (Å²) in [6.07, 6.45) is 2.58. The minimum absolute atomic E-state index is 0.0731. The van der Waals surface area contributed by atoms with E-state index < -0.39 is 0 Å². The molecule has 4 nitrogen and oxygen atoms in total. The molecule has 2 unspecified atom stereocenters. The molecule has 1 fully saturated rings. The lowest BCUT2D eigenvalue weighted by atomic mass is 10.1. The molecule has 0 aromatic heterocycles. The standard InChI is InChI=1S/C11H18N2O2/c1-9(7-12)8-13(2)11(14)6-10-4-3-5-15-10/h9-10H,3-6,8H2,1-2H3. The molecule has 1 saturated heterocycles. The van der Waals surface area contributed by atoms with E-state index in [0.29, 0.717) is 13.0 Å². The molecule has 0 aromatic carbocycles. The maximum absolute atomic E-state index is 11.7. The Morgan fingerprint density at radius 2 is 2.47 bits per heavy atom. The maximum Gasteiger partial charge on any atom is 0.224 e. The fourth-order valence-electron chi connectivity index (χ4n) is 1.71. The summed E-state index contributed by atoms with van der Waals surface area (Å²) in [5.41, 5.74) is 0. The molecule has 0 aromatic rings. The van der Waals surface area contributed by atoms with Gasteiger partial charge in [0, 0.05) is 20.2 Å². The smallest absolute Gasteiger partial charge is 0.224 e. The monoisotopic (exact) mass is 210 g/mol. The average molecular weight is 210 g/mol. The van der Waals surface area contributed by atoms with Gasteiger partial charge in [0.25, 0.3) is 0 Å². The second-order valence-electron chi connectivity index (χ2n) is 4.14. The molecular formula is C11H18N2O2. The van der Waals surface area contributed by atoms with Crippen LogP contribution in [0.25, 0.3) is 0 Å². The molecule has 1 aliphatic heterocycles. The van der Waals surface area contributed by atoms with Gasteiger partial charge in [0.05, 0.1) is 24.5 Å². The molecule has 15 heavy (non-hydrogen) atoms. The first-order valence-corrected chi connectivity index (χ1v) is 5.38. The van der Waals surface area contributed by atoms with Crippen LogP contribution >= 0.6 is 0 Å². The normalized spacial score (nSPS) is 22.1. The van der Waals surface area contributed by atoms with Crippen LogP contribution in [0.1, 0.15) is 26.2 Å². The number of amides is 1. The minimum atomic E-state index is -0.108. The van der Waals surface area contributed by atoms with Crippen molar-refractivity contribution >= 4 is 5.91 Å². The van der Waals surface area contributed by atoms with E-state index in [0.717, 1.165) is 19.4 Å². The number of nitriles is 1. The molecule has 1 heterocycles. The van der Waals surface area contributed by atoms with Crippen LogP contribution in [-0.2, 0) is 9.53 Å². The fourth-order valence-corrected chi connectivity index (χ4v) is 1.71. The number of hydrogen-bond acceptors (Lipinski definition) is 3. The van der Waals surface area contributed by atoms with Crippen LogP contribution in [0.2, 0.25) is 0 Å². The van der Waals surface area contributed by atoms with Crippen LogP contribution in [0.3, 0.4) is 0 Å².